The number of likely N-dealkylation sites (N-methyl/N-ethyl adjacent to an activating group) is 1. The molecule has 19 heavy (non-hydrogen) atoms. The fourth-order valence-electron chi connectivity index (χ4n) is 1.85. The van der Waals surface area contributed by atoms with Gasteiger partial charge in [-0.15, -0.1) is 11.3 Å². The van der Waals surface area contributed by atoms with E-state index in [-0.39, 0.29) is 6.04 Å². The first-order chi connectivity index (χ1) is 9.22. The zero-order valence-corrected chi connectivity index (χ0v) is 11.8. The molecule has 0 spiro atoms. The topological polar surface area (TPSA) is 52.0 Å². The summed E-state index contributed by atoms with van der Waals surface area (Å²) in [7, 11) is 4.10. The Morgan fingerprint density at radius 1 is 1.42 bits per heavy atom. The molecule has 0 aliphatic rings. The second-order valence-electron chi connectivity index (χ2n) is 4.39. The zero-order chi connectivity index (χ0) is 13.7. The lowest BCUT2D eigenvalue weighted by molar-refractivity contribution is 0.316. The second-order valence-corrected chi connectivity index (χ2v) is 5.37. The van der Waals surface area contributed by atoms with Crippen molar-refractivity contribution < 1.29 is 0 Å². The lowest BCUT2D eigenvalue weighted by Gasteiger charge is -2.23. The van der Waals surface area contributed by atoms with Crippen molar-refractivity contribution in [3.63, 3.8) is 0 Å². The molecule has 2 aromatic heterocycles. The van der Waals surface area contributed by atoms with Crippen LogP contribution in [-0.2, 0) is 0 Å². The molecule has 0 aliphatic carbocycles. The summed E-state index contributed by atoms with van der Waals surface area (Å²) in [5.74, 6) is 0.647. The molecule has 4 nitrogen and oxygen atoms in total. The van der Waals surface area contributed by atoms with Crippen LogP contribution in [0.1, 0.15) is 16.5 Å². The van der Waals surface area contributed by atoms with Crippen LogP contribution in [0.3, 0.4) is 0 Å². The molecule has 5 heteroatoms. The van der Waals surface area contributed by atoms with Crippen molar-refractivity contribution in [3.05, 3.63) is 46.3 Å². The minimum atomic E-state index is 0.272. The molecule has 0 aromatic carbocycles. The molecule has 1 atom stereocenters. The van der Waals surface area contributed by atoms with Crippen molar-refractivity contribution in [2.24, 2.45) is 0 Å². The van der Waals surface area contributed by atoms with Crippen LogP contribution in [0.25, 0.3) is 0 Å². The van der Waals surface area contributed by atoms with Crippen LogP contribution in [-0.4, -0.2) is 30.5 Å². The van der Waals surface area contributed by atoms with Gasteiger partial charge in [0.1, 0.15) is 11.9 Å². The zero-order valence-electron chi connectivity index (χ0n) is 11.0. The quantitative estimate of drug-likeness (QED) is 0.909. The van der Waals surface area contributed by atoms with Crippen LogP contribution in [0.5, 0.6) is 0 Å². The molecule has 0 fully saturated rings. The van der Waals surface area contributed by atoms with Gasteiger partial charge in [0.15, 0.2) is 0 Å². The minimum absolute atomic E-state index is 0.272. The number of hydrogen-bond donors (Lipinski definition) is 1. The highest BCUT2D eigenvalue weighted by Crippen LogP contribution is 2.23. The Kier molecular flexibility index (Phi) is 4.50. The van der Waals surface area contributed by atoms with Gasteiger partial charge in [-0.1, -0.05) is 6.07 Å². The summed E-state index contributed by atoms with van der Waals surface area (Å²) >= 11 is 1.74. The number of anilines is 1. The number of hydrogen-bond acceptors (Lipinski definition) is 5. The fraction of sp³-hybridized carbons (Fsp3) is 0.286. The Balaban J connectivity index is 2.10. The summed E-state index contributed by atoms with van der Waals surface area (Å²) in [5.41, 5.74) is 0.575. The molecule has 0 radical (unpaired) electrons. The molecule has 0 saturated carbocycles. The van der Waals surface area contributed by atoms with Gasteiger partial charge in [0, 0.05) is 17.6 Å². The van der Waals surface area contributed by atoms with Gasteiger partial charge < -0.3 is 10.2 Å². The summed E-state index contributed by atoms with van der Waals surface area (Å²) in [5, 5.41) is 14.4. The Hall–Kier alpha value is -1.90. The number of rotatable bonds is 5. The molecule has 2 aromatic rings. The van der Waals surface area contributed by atoms with E-state index in [1.54, 1.807) is 29.7 Å². The van der Waals surface area contributed by atoms with Gasteiger partial charge in [-0.05, 0) is 37.7 Å². The van der Waals surface area contributed by atoms with Gasteiger partial charge in [0.25, 0.3) is 0 Å². The molecule has 0 aliphatic heterocycles. The molecule has 2 rings (SSSR count). The third-order valence-electron chi connectivity index (χ3n) is 2.89. The van der Waals surface area contributed by atoms with Crippen molar-refractivity contribution >= 4 is 17.2 Å². The van der Waals surface area contributed by atoms with Gasteiger partial charge in [0.05, 0.1) is 11.6 Å². The highest BCUT2D eigenvalue weighted by molar-refractivity contribution is 7.10. The van der Waals surface area contributed by atoms with Crippen LogP contribution in [0.15, 0.2) is 35.8 Å². The SMILES string of the molecule is CN(C)[C@H](CNc1ncccc1C#N)c1cccs1. The first-order valence-electron chi connectivity index (χ1n) is 6.01. The highest BCUT2D eigenvalue weighted by Gasteiger charge is 2.15. The Bertz CT molecular complexity index is 557. The summed E-state index contributed by atoms with van der Waals surface area (Å²) < 4.78 is 0. The van der Waals surface area contributed by atoms with E-state index in [0.29, 0.717) is 11.4 Å². The molecule has 2 heterocycles. The lowest BCUT2D eigenvalue weighted by Crippen LogP contribution is -2.26. The van der Waals surface area contributed by atoms with E-state index in [9.17, 15) is 0 Å². The highest BCUT2D eigenvalue weighted by atomic mass is 32.1. The molecule has 98 valence electrons. The Labute approximate surface area is 117 Å². The van der Waals surface area contributed by atoms with Crippen molar-refractivity contribution in [2.45, 2.75) is 6.04 Å². The minimum Gasteiger partial charge on any atom is -0.367 e. The van der Waals surface area contributed by atoms with E-state index in [1.807, 2.05) is 0 Å². The molecule has 0 amide bonds. The first kappa shape index (κ1) is 13.5. The van der Waals surface area contributed by atoms with Gasteiger partial charge in [-0.3, -0.25) is 0 Å². The maximum atomic E-state index is 9.04. The van der Waals surface area contributed by atoms with Crippen LogP contribution >= 0.6 is 11.3 Å². The number of aromatic nitrogens is 1. The predicted molar refractivity (Wildman–Crippen MR) is 78.2 cm³/mol. The van der Waals surface area contributed by atoms with Gasteiger partial charge in [-0.2, -0.15) is 5.26 Å². The molecular formula is C14H16N4S. The van der Waals surface area contributed by atoms with Crippen molar-refractivity contribution in [2.75, 3.05) is 26.0 Å². The van der Waals surface area contributed by atoms with E-state index < -0.39 is 0 Å². The van der Waals surface area contributed by atoms with Gasteiger partial charge in [-0.25, -0.2) is 4.98 Å². The van der Waals surface area contributed by atoms with Gasteiger partial charge in [0.2, 0.25) is 0 Å². The maximum absolute atomic E-state index is 9.04. The van der Waals surface area contributed by atoms with E-state index in [1.165, 1.54) is 4.88 Å². The van der Waals surface area contributed by atoms with Gasteiger partial charge >= 0.3 is 0 Å². The molecule has 0 bridgehead atoms. The molecular weight excluding hydrogens is 256 g/mol. The number of nitrogens with one attached hydrogen (secondary N) is 1. The summed E-state index contributed by atoms with van der Waals surface area (Å²) in [6, 6.07) is 10.1. The number of pyridine rings is 1. The van der Waals surface area contributed by atoms with Crippen LogP contribution < -0.4 is 5.32 Å². The largest absolute Gasteiger partial charge is 0.367 e. The summed E-state index contributed by atoms with van der Waals surface area (Å²) in [6.07, 6.45) is 1.69. The van der Waals surface area contributed by atoms with Crippen LogP contribution in [0.4, 0.5) is 5.82 Å². The van der Waals surface area contributed by atoms with Crippen molar-refractivity contribution in [1.29, 1.82) is 5.26 Å². The predicted octanol–water partition coefficient (Wildman–Crippen LogP) is 2.73. The average molecular weight is 272 g/mol. The fourth-order valence-corrected chi connectivity index (χ4v) is 2.77. The summed E-state index contributed by atoms with van der Waals surface area (Å²) in [6.45, 7) is 0.721. The Morgan fingerprint density at radius 2 is 2.26 bits per heavy atom. The average Bonchev–Trinajstić information content (AvgIpc) is 2.93. The lowest BCUT2D eigenvalue weighted by atomic mass is 10.2. The first-order valence-corrected chi connectivity index (χ1v) is 6.89. The van der Waals surface area contributed by atoms with Crippen molar-refractivity contribution in [1.82, 2.24) is 9.88 Å². The molecule has 0 saturated heterocycles. The summed E-state index contributed by atoms with van der Waals surface area (Å²) in [4.78, 5) is 7.67. The standard InChI is InChI=1S/C14H16N4S/c1-18(2)12(13-6-4-8-19-13)10-17-14-11(9-15)5-3-7-16-14/h3-8,12H,10H2,1-2H3,(H,16,17)/t12-/m1/s1. The van der Waals surface area contributed by atoms with Crippen LogP contribution in [0, 0.1) is 11.3 Å². The van der Waals surface area contributed by atoms with E-state index in [2.05, 4.69) is 52.9 Å². The smallest absolute Gasteiger partial charge is 0.143 e. The molecule has 1 N–H and O–H groups in total. The monoisotopic (exact) mass is 272 g/mol. The third kappa shape index (κ3) is 3.31. The second kappa shape index (κ2) is 6.32. The number of nitrogens with zero attached hydrogens (tertiary/aromatic N) is 3. The van der Waals surface area contributed by atoms with Crippen LogP contribution in [0.2, 0.25) is 0 Å². The normalized spacial score (nSPS) is 12.1. The maximum Gasteiger partial charge on any atom is 0.143 e. The van der Waals surface area contributed by atoms with E-state index >= 15 is 0 Å². The van der Waals surface area contributed by atoms with E-state index in [4.69, 9.17) is 5.26 Å². The number of nitriles is 1. The number of thiophene rings is 1. The molecule has 0 unspecified atom stereocenters. The third-order valence-corrected chi connectivity index (χ3v) is 3.86. The van der Waals surface area contributed by atoms with E-state index in [0.717, 1.165) is 6.54 Å². The van der Waals surface area contributed by atoms with Crippen molar-refractivity contribution in [3.8, 4) is 6.07 Å². The Morgan fingerprint density at radius 3 is 2.89 bits per heavy atom.